The lowest BCUT2D eigenvalue weighted by Crippen LogP contribution is -2.13. The number of fused-ring (bicyclic) bond motifs is 3. The Bertz CT molecular complexity index is 1470. The Hall–Kier alpha value is -4.10. The number of aromatic nitrogens is 4. The molecule has 0 atom stereocenters. The van der Waals surface area contributed by atoms with Gasteiger partial charge in [-0.2, -0.15) is 4.98 Å². The minimum absolute atomic E-state index is 0.0414. The van der Waals surface area contributed by atoms with Crippen LogP contribution in [-0.2, 0) is 17.8 Å². The number of ketones is 1. The lowest BCUT2D eigenvalue weighted by molar-refractivity contribution is -0.116. The Morgan fingerprint density at radius 1 is 1.00 bits per heavy atom. The number of aliphatic hydroxyl groups excluding tert-OH is 1. The minimum atomic E-state index is -0.0414. The predicted molar refractivity (Wildman–Crippen MR) is 129 cm³/mol. The zero-order chi connectivity index (χ0) is 22.9. The van der Waals surface area contributed by atoms with Gasteiger partial charge in [0.05, 0.1) is 12.1 Å². The second-order valence-electron chi connectivity index (χ2n) is 8.13. The van der Waals surface area contributed by atoms with Gasteiger partial charge in [0.1, 0.15) is 17.9 Å². The molecule has 5 aromatic rings. The van der Waals surface area contributed by atoms with Gasteiger partial charge in [0.2, 0.25) is 0 Å². The molecule has 0 bridgehead atoms. The van der Waals surface area contributed by atoms with Gasteiger partial charge in [-0.05, 0) is 53.4 Å². The molecule has 7 nitrogen and oxygen atoms in total. The summed E-state index contributed by atoms with van der Waals surface area (Å²) in [6.45, 7) is 1.56. The monoisotopic (exact) mass is 437 g/mol. The van der Waals surface area contributed by atoms with Crippen molar-refractivity contribution in [3.63, 3.8) is 0 Å². The van der Waals surface area contributed by atoms with Gasteiger partial charge in [0.15, 0.2) is 0 Å². The molecule has 0 amide bonds. The van der Waals surface area contributed by atoms with Crippen molar-refractivity contribution in [3.8, 4) is 11.1 Å². The van der Waals surface area contributed by atoms with E-state index in [9.17, 15) is 9.90 Å². The largest absolute Gasteiger partial charge is 0.392 e. The molecule has 0 radical (unpaired) electrons. The van der Waals surface area contributed by atoms with Crippen molar-refractivity contribution >= 4 is 34.0 Å². The van der Waals surface area contributed by atoms with E-state index in [1.807, 2.05) is 70.9 Å². The first-order chi connectivity index (χ1) is 16.0. The van der Waals surface area contributed by atoms with Crippen LogP contribution in [0.5, 0.6) is 0 Å². The van der Waals surface area contributed by atoms with Crippen molar-refractivity contribution < 1.29 is 9.90 Å². The summed E-state index contributed by atoms with van der Waals surface area (Å²) in [4.78, 5) is 18.2. The van der Waals surface area contributed by atoms with Gasteiger partial charge in [0.25, 0.3) is 5.78 Å². The van der Waals surface area contributed by atoms with Gasteiger partial charge in [-0.25, -0.2) is 0 Å². The summed E-state index contributed by atoms with van der Waals surface area (Å²) in [5, 5.41) is 18.7. The molecule has 2 aromatic heterocycles. The number of aliphatic hydroxyl groups is 1. The van der Waals surface area contributed by atoms with Crippen LogP contribution < -0.4 is 4.90 Å². The maximum absolute atomic E-state index is 11.4. The van der Waals surface area contributed by atoms with E-state index in [0.717, 1.165) is 44.7 Å². The Morgan fingerprint density at radius 2 is 1.79 bits per heavy atom. The minimum Gasteiger partial charge on any atom is -0.392 e. The highest BCUT2D eigenvalue weighted by molar-refractivity contribution is 5.94. The third-order valence-corrected chi connectivity index (χ3v) is 5.77. The SMILES string of the molecule is CC(=O)Cc1ccc(-c2cccc(N(C)c3nc4nncn4c4cc(CO)ccc34)c2)cc1. The van der Waals surface area contributed by atoms with Crippen molar-refractivity contribution in [2.75, 3.05) is 11.9 Å². The number of hydrogen-bond acceptors (Lipinski definition) is 6. The van der Waals surface area contributed by atoms with Crippen molar-refractivity contribution in [1.82, 2.24) is 19.6 Å². The van der Waals surface area contributed by atoms with Crippen LogP contribution in [0.4, 0.5) is 11.5 Å². The Labute approximate surface area is 191 Å². The Morgan fingerprint density at radius 3 is 2.55 bits per heavy atom. The fourth-order valence-electron chi connectivity index (χ4n) is 4.07. The molecule has 2 heterocycles. The topological polar surface area (TPSA) is 83.6 Å². The molecule has 1 N–H and O–H groups in total. The van der Waals surface area contributed by atoms with Crippen LogP contribution in [0.1, 0.15) is 18.1 Å². The molecule has 5 rings (SSSR count). The molecule has 0 aliphatic heterocycles. The summed E-state index contributed by atoms with van der Waals surface area (Å²) in [6.07, 6.45) is 2.08. The van der Waals surface area contributed by atoms with Gasteiger partial charge in [-0.15, -0.1) is 10.2 Å². The third-order valence-electron chi connectivity index (χ3n) is 5.77. The molecule has 3 aromatic carbocycles. The molecule has 0 saturated heterocycles. The van der Waals surface area contributed by atoms with Gasteiger partial charge in [-0.1, -0.05) is 42.5 Å². The first-order valence-electron chi connectivity index (χ1n) is 10.7. The van der Waals surface area contributed by atoms with Crippen molar-refractivity contribution in [3.05, 3.63) is 84.2 Å². The average Bonchev–Trinajstić information content (AvgIpc) is 3.32. The standard InChI is InChI=1S/C26H23N5O2/c1-17(33)12-18-6-9-20(10-7-18)21-4-3-5-22(14-21)30(2)25-23-11-8-19(15-32)13-24(23)31-16-27-29-26(31)28-25/h3-11,13-14,16,32H,12,15H2,1-2H3. The van der Waals surface area contributed by atoms with E-state index in [0.29, 0.717) is 12.2 Å². The van der Waals surface area contributed by atoms with E-state index in [-0.39, 0.29) is 12.4 Å². The summed E-state index contributed by atoms with van der Waals surface area (Å²) < 4.78 is 1.82. The molecule has 0 fully saturated rings. The summed E-state index contributed by atoms with van der Waals surface area (Å²) in [5.74, 6) is 1.41. The maximum Gasteiger partial charge on any atom is 0.257 e. The molecule has 7 heteroatoms. The quantitative estimate of drug-likeness (QED) is 0.426. The lowest BCUT2D eigenvalue weighted by Gasteiger charge is -2.21. The van der Waals surface area contributed by atoms with E-state index in [4.69, 9.17) is 4.98 Å². The van der Waals surface area contributed by atoms with Crippen LogP contribution in [0, 0.1) is 0 Å². The summed E-state index contributed by atoms with van der Waals surface area (Å²) in [5.41, 5.74) is 5.84. The van der Waals surface area contributed by atoms with Gasteiger partial charge >= 0.3 is 0 Å². The highest BCUT2D eigenvalue weighted by atomic mass is 16.3. The number of Topliss-reactive ketones (excluding diaryl/α,β-unsaturated/α-hetero) is 1. The van der Waals surface area contributed by atoms with Crippen LogP contribution >= 0.6 is 0 Å². The molecular formula is C26H23N5O2. The highest BCUT2D eigenvalue weighted by Gasteiger charge is 2.15. The summed E-state index contributed by atoms with van der Waals surface area (Å²) in [6, 6.07) is 22.1. The molecule has 0 spiro atoms. The number of carbonyl (C=O) groups excluding carboxylic acids is 1. The van der Waals surface area contributed by atoms with E-state index in [2.05, 4.69) is 22.3 Å². The number of benzene rings is 3. The zero-order valence-corrected chi connectivity index (χ0v) is 18.4. The van der Waals surface area contributed by atoms with Crippen LogP contribution in [0.25, 0.3) is 27.8 Å². The second-order valence-corrected chi connectivity index (χ2v) is 8.13. The second kappa shape index (κ2) is 8.44. The summed E-state index contributed by atoms with van der Waals surface area (Å²) in [7, 11) is 1.98. The number of rotatable bonds is 6. The van der Waals surface area contributed by atoms with Gasteiger partial charge < -0.3 is 10.0 Å². The van der Waals surface area contributed by atoms with E-state index in [1.54, 1.807) is 13.3 Å². The Balaban J connectivity index is 1.56. The molecule has 33 heavy (non-hydrogen) atoms. The number of hydrogen-bond donors (Lipinski definition) is 1. The first kappa shape index (κ1) is 20.8. The fourth-order valence-corrected chi connectivity index (χ4v) is 4.07. The normalized spacial score (nSPS) is 11.2. The Kier molecular flexibility index (Phi) is 5.32. The van der Waals surface area contributed by atoms with Crippen molar-refractivity contribution in [2.24, 2.45) is 0 Å². The molecule has 164 valence electrons. The number of anilines is 2. The molecular weight excluding hydrogens is 414 g/mol. The van der Waals surface area contributed by atoms with E-state index in [1.165, 1.54) is 0 Å². The van der Waals surface area contributed by atoms with Gasteiger partial charge in [0, 0.05) is 24.5 Å². The van der Waals surface area contributed by atoms with Gasteiger partial charge in [-0.3, -0.25) is 9.20 Å². The van der Waals surface area contributed by atoms with Crippen molar-refractivity contribution in [1.29, 1.82) is 0 Å². The molecule has 0 aliphatic rings. The highest BCUT2D eigenvalue weighted by Crippen LogP contribution is 2.32. The third kappa shape index (κ3) is 3.94. The molecule has 0 unspecified atom stereocenters. The average molecular weight is 438 g/mol. The van der Waals surface area contributed by atoms with Crippen molar-refractivity contribution in [2.45, 2.75) is 20.0 Å². The lowest BCUT2D eigenvalue weighted by atomic mass is 10.0. The molecule has 0 aliphatic carbocycles. The van der Waals surface area contributed by atoms with E-state index < -0.39 is 0 Å². The maximum atomic E-state index is 11.4. The number of carbonyl (C=O) groups is 1. The van der Waals surface area contributed by atoms with Crippen LogP contribution in [0.2, 0.25) is 0 Å². The predicted octanol–water partition coefficient (Wildman–Crippen LogP) is 4.34. The van der Waals surface area contributed by atoms with E-state index >= 15 is 0 Å². The van der Waals surface area contributed by atoms with Crippen LogP contribution in [0.3, 0.4) is 0 Å². The van der Waals surface area contributed by atoms with Crippen LogP contribution in [-0.4, -0.2) is 37.5 Å². The summed E-state index contributed by atoms with van der Waals surface area (Å²) >= 11 is 0. The first-order valence-corrected chi connectivity index (χ1v) is 10.7. The zero-order valence-electron chi connectivity index (χ0n) is 18.4. The smallest absolute Gasteiger partial charge is 0.257 e. The molecule has 0 saturated carbocycles. The fraction of sp³-hybridized carbons (Fsp3) is 0.154. The van der Waals surface area contributed by atoms with Crippen LogP contribution in [0.15, 0.2) is 73.1 Å². The number of nitrogens with zero attached hydrogens (tertiary/aromatic N) is 5.